The zero-order valence-electron chi connectivity index (χ0n) is 9.78. The average Bonchev–Trinajstić information content (AvgIpc) is 2.55. The van der Waals surface area contributed by atoms with Gasteiger partial charge in [-0.3, -0.25) is 4.79 Å². The Hall–Kier alpha value is -1.81. The van der Waals surface area contributed by atoms with Crippen LogP contribution in [0.15, 0.2) is 24.3 Å². The summed E-state index contributed by atoms with van der Waals surface area (Å²) in [6.45, 7) is 3.97. The number of nitrogens with two attached hydrogens (primary N) is 2. The Morgan fingerprint density at radius 1 is 1.18 bits per heavy atom. The van der Waals surface area contributed by atoms with Crippen molar-refractivity contribution in [2.75, 3.05) is 5.73 Å². The molecule has 0 saturated heterocycles. The van der Waals surface area contributed by atoms with Gasteiger partial charge < -0.3 is 11.5 Å². The Morgan fingerprint density at radius 3 is 2.29 bits per heavy atom. The SMILES string of the molecule is Cc1ccc(-c2c(C)sc(N)c2C(N)=O)cc1. The van der Waals surface area contributed by atoms with Gasteiger partial charge in [-0.15, -0.1) is 11.3 Å². The summed E-state index contributed by atoms with van der Waals surface area (Å²) in [5.74, 6) is -0.470. The van der Waals surface area contributed by atoms with E-state index in [0.717, 1.165) is 16.0 Å². The summed E-state index contributed by atoms with van der Waals surface area (Å²) < 4.78 is 0. The first-order valence-electron chi connectivity index (χ1n) is 5.26. The predicted molar refractivity (Wildman–Crippen MR) is 72.2 cm³/mol. The number of nitrogen functional groups attached to an aromatic ring is 1. The van der Waals surface area contributed by atoms with Crippen LogP contribution in [-0.4, -0.2) is 5.91 Å². The third kappa shape index (κ3) is 2.03. The van der Waals surface area contributed by atoms with Gasteiger partial charge in [0.1, 0.15) is 0 Å². The lowest BCUT2D eigenvalue weighted by molar-refractivity contribution is 0.100. The van der Waals surface area contributed by atoms with Gasteiger partial charge >= 0.3 is 0 Å². The third-order valence-electron chi connectivity index (χ3n) is 2.70. The molecular weight excluding hydrogens is 232 g/mol. The standard InChI is InChI=1S/C13H14N2OS/c1-7-3-5-9(6-4-7)10-8(2)17-13(15)11(10)12(14)16/h3-6H,15H2,1-2H3,(H2,14,16). The maximum atomic E-state index is 11.4. The van der Waals surface area contributed by atoms with E-state index in [0.29, 0.717) is 10.6 Å². The number of thiophene rings is 1. The van der Waals surface area contributed by atoms with Gasteiger partial charge in [-0.05, 0) is 19.4 Å². The predicted octanol–water partition coefficient (Wildman–Crippen LogP) is 2.71. The number of rotatable bonds is 2. The van der Waals surface area contributed by atoms with Crippen molar-refractivity contribution in [3.63, 3.8) is 0 Å². The van der Waals surface area contributed by atoms with E-state index in [9.17, 15) is 4.79 Å². The van der Waals surface area contributed by atoms with Crippen LogP contribution in [0, 0.1) is 13.8 Å². The van der Waals surface area contributed by atoms with Crippen LogP contribution in [0.25, 0.3) is 11.1 Å². The second kappa shape index (κ2) is 4.22. The molecule has 0 aliphatic carbocycles. The molecule has 1 heterocycles. The Morgan fingerprint density at radius 2 is 1.76 bits per heavy atom. The van der Waals surface area contributed by atoms with Gasteiger partial charge in [0.25, 0.3) is 5.91 Å². The van der Waals surface area contributed by atoms with E-state index in [1.165, 1.54) is 16.9 Å². The molecule has 17 heavy (non-hydrogen) atoms. The van der Waals surface area contributed by atoms with Gasteiger partial charge in [-0.1, -0.05) is 29.8 Å². The molecule has 88 valence electrons. The molecule has 0 unspecified atom stereocenters. The van der Waals surface area contributed by atoms with Crippen LogP contribution in [0.1, 0.15) is 20.8 Å². The lowest BCUT2D eigenvalue weighted by Gasteiger charge is -2.04. The lowest BCUT2D eigenvalue weighted by atomic mass is 10.0. The zero-order valence-corrected chi connectivity index (χ0v) is 10.6. The topological polar surface area (TPSA) is 69.1 Å². The number of benzene rings is 1. The molecule has 2 aromatic rings. The Balaban J connectivity index is 2.66. The van der Waals surface area contributed by atoms with Crippen LogP contribution in [-0.2, 0) is 0 Å². The summed E-state index contributed by atoms with van der Waals surface area (Å²) in [5, 5.41) is 0.491. The van der Waals surface area contributed by atoms with E-state index in [4.69, 9.17) is 11.5 Å². The van der Waals surface area contributed by atoms with E-state index < -0.39 is 5.91 Å². The zero-order chi connectivity index (χ0) is 12.6. The Kier molecular flexibility index (Phi) is 2.90. The maximum absolute atomic E-state index is 11.4. The molecule has 0 aliphatic heterocycles. The molecule has 3 nitrogen and oxygen atoms in total. The molecule has 0 saturated carbocycles. The summed E-state index contributed by atoms with van der Waals surface area (Å²) in [5.41, 5.74) is 14.7. The number of hydrogen-bond donors (Lipinski definition) is 2. The molecule has 0 aliphatic rings. The highest BCUT2D eigenvalue weighted by atomic mass is 32.1. The maximum Gasteiger partial charge on any atom is 0.252 e. The van der Waals surface area contributed by atoms with Crippen LogP contribution in [0.2, 0.25) is 0 Å². The molecule has 1 amide bonds. The average molecular weight is 246 g/mol. The fourth-order valence-electron chi connectivity index (χ4n) is 1.88. The molecule has 0 spiro atoms. The van der Waals surface area contributed by atoms with E-state index in [2.05, 4.69) is 0 Å². The number of aryl methyl sites for hydroxylation is 2. The first-order valence-corrected chi connectivity index (χ1v) is 6.08. The van der Waals surface area contributed by atoms with Gasteiger partial charge in [0.15, 0.2) is 0 Å². The van der Waals surface area contributed by atoms with Crippen molar-refractivity contribution in [2.24, 2.45) is 5.73 Å². The van der Waals surface area contributed by atoms with Crippen LogP contribution in [0.5, 0.6) is 0 Å². The molecule has 0 fully saturated rings. The summed E-state index contributed by atoms with van der Waals surface area (Å²) in [7, 11) is 0. The normalized spacial score (nSPS) is 10.5. The summed E-state index contributed by atoms with van der Waals surface area (Å²) >= 11 is 1.40. The minimum absolute atomic E-state index is 0.441. The van der Waals surface area contributed by atoms with Gasteiger partial charge in [-0.2, -0.15) is 0 Å². The first kappa shape index (κ1) is 11.7. The van der Waals surface area contributed by atoms with E-state index >= 15 is 0 Å². The van der Waals surface area contributed by atoms with Gasteiger partial charge in [0.05, 0.1) is 10.6 Å². The highest BCUT2D eigenvalue weighted by molar-refractivity contribution is 7.16. The first-order chi connectivity index (χ1) is 8.00. The minimum atomic E-state index is -0.470. The number of primary amides is 1. The minimum Gasteiger partial charge on any atom is -0.390 e. The largest absolute Gasteiger partial charge is 0.390 e. The number of hydrogen-bond acceptors (Lipinski definition) is 3. The van der Waals surface area contributed by atoms with Gasteiger partial charge in [0.2, 0.25) is 0 Å². The molecule has 2 rings (SSSR count). The lowest BCUT2D eigenvalue weighted by Crippen LogP contribution is -2.13. The summed E-state index contributed by atoms with van der Waals surface area (Å²) in [6, 6.07) is 7.98. The smallest absolute Gasteiger partial charge is 0.252 e. The highest BCUT2D eigenvalue weighted by Crippen LogP contribution is 2.37. The second-order valence-corrected chi connectivity index (χ2v) is 5.26. The molecule has 0 radical (unpaired) electrons. The van der Waals surface area contributed by atoms with Crippen molar-refractivity contribution in [3.8, 4) is 11.1 Å². The van der Waals surface area contributed by atoms with Crippen molar-refractivity contribution >= 4 is 22.2 Å². The Bertz CT molecular complexity index is 570. The van der Waals surface area contributed by atoms with Crippen LogP contribution in [0.3, 0.4) is 0 Å². The van der Waals surface area contributed by atoms with Gasteiger partial charge in [-0.25, -0.2) is 0 Å². The fraction of sp³-hybridized carbons (Fsp3) is 0.154. The van der Waals surface area contributed by atoms with Crippen molar-refractivity contribution in [3.05, 3.63) is 40.3 Å². The van der Waals surface area contributed by atoms with E-state index in [1.807, 2.05) is 38.1 Å². The van der Waals surface area contributed by atoms with Crippen LogP contribution < -0.4 is 11.5 Å². The number of carbonyl (C=O) groups excluding carboxylic acids is 1. The second-order valence-electron chi connectivity index (χ2n) is 4.00. The molecule has 4 heteroatoms. The molecule has 1 aromatic carbocycles. The highest BCUT2D eigenvalue weighted by Gasteiger charge is 2.19. The number of anilines is 1. The van der Waals surface area contributed by atoms with Crippen molar-refractivity contribution in [2.45, 2.75) is 13.8 Å². The summed E-state index contributed by atoms with van der Waals surface area (Å²) in [6.07, 6.45) is 0. The third-order valence-corrected chi connectivity index (χ3v) is 3.63. The monoisotopic (exact) mass is 246 g/mol. The van der Waals surface area contributed by atoms with Gasteiger partial charge in [0, 0.05) is 10.4 Å². The summed E-state index contributed by atoms with van der Waals surface area (Å²) in [4.78, 5) is 12.5. The van der Waals surface area contributed by atoms with Crippen molar-refractivity contribution in [1.29, 1.82) is 0 Å². The molecule has 4 N–H and O–H groups in total. The molecular formula is C13H14N2OS. The van der Waals surface area contributed by atoms with E-state index in [-0.39, 0.29) is 0 Å². The molecule has 1 aromatic heterocycles. The number of carbonyl (C=O) groups is 1. The van der Waals surface area contributed by atoms with Crippen molar-refractivity contribution in [1.82, 2.24) is 0 Å². The van der Waals surface area contributed by atoms with Crippen molar-refractivity contribution < 1.29 is 4.79 Å². The number of amides is 1. The Labute approximate surface area is 104 Å². The molecule has 0 bridgehead atoms. The van der Waals surface area contributed by atoms with Crippen LogP contribution >= 0.6 is 11.3 Å². The fourth-order valence-corrected chi connectivity index (χ4v) is 2.84. The quantitative estimate of drug-likeness (QED) is 0.855. The molecule has 0 atom stereocenters. The van der Waals surface area contributed by atoms with E-state index in [1.54, 1.807) is 0 Å². The van der Waals surface area contributed by atoms with Crippen LogP contribution in [0.4, 0.5) is 5.00 Å².